The maximum Gasteiger partial charge on any atom is 0.416 e. The van der Waals surface area contributed by atoms with Gasteiger partial charge in [0.2, 0.25) is 0 Å². The molecule has 5 heteroatoms. The van der Waals surface area contributed by atoms with Gasteiger partial charge in [-0.15, -0.1) is 0 Å². The molecule has 0 fully saturated rings. The molecule has 1 unspecified atom stereocenters. The zero-order valence-corrected chi connectivity index (χ0v) is 9.80. The molecule has 0 aliphatic rings. The number of hydrogen-bond acceptors (Lipinski definition) is 2. The van der Waals surface area contributed by atoms with Crippen LogP contribution in [0, 0.1) is 0 Å². The maximum atomic E-state index is 12.5. The van der Waals surface area contributed by atoms with E-state index in [1.54, 1.807) is 0 Å². The summed E-state index contributed by atoms with van der Waals surface area (Å²) in [7, 11) is 0. The Hall–Kier alpha value is -1.07. The molecule has 1 rings (SSSR count). The van der Waals surface area contributed by atoms with Crippen molar-refractivity contribution < 1.29 is 18.3 Å². The molecule has 2 N–H and O–H groups in total. The molecule has 0 amide bonds. The number of rotatable bonds is 4. The maximum absolute atomic E-state index is 12.5. The van der Waals surface area contributed by atoms with Gasteiger partial charge < -0.3 is 10.4 Å². The number of alkyl halides is 3. The predicted octanol–water partition coefficient (Wildman–Crippen LogP) is 2.52. The Balaban J connectivity index is 2.98. The van der Waals surface area contributed by atoms with E-state index in [1.165, 1.54) is 19.1 Å². The molecule has 96 valence electrons. The van der Waals surface area contributed by atoms with Crippen molar-refractivity contribution >= 4 is 0 Å². The van der Waals surface area contributed by atoms with Crippen LogP contribution in [0.2, 0.25) is 0 Å². The van der Waals surface area contributed by atoms with Crippen molar-refractivity contribution in [2.75, 3.05) is 13.1 Å². The summed E-state index contributed by atoms with van der Waals surface area (Å²) in [6.07, 6.45) is -4.38. The lowest BCUT2D eigenvalue weighted by molar-refractivity contribution is -0.137. The van der Waals surface area contributed by atoms with Gasteiger partial charge in [-0.1, -0.05) is 19.1 Å². The molecule has 1 atom stereocenters. The molecular weight excluding hydrogens is 231 g/mol. The first kappa shape index (κ1) is 14.0. The van der Waals surface area contributed by atoms with Crippen LogP contribution in [0.3, 0.4) is 0 Å². The van der Waals surface area contributed by atoms with Gasteiger partial charge in [-0.3, -0.25) is 0 Å². The van der Waals surface area contributed by atoms with Crippen molar-refractivity contribution in [1.29, 1.82) is 0 Å². The van der Waals surface area contributed by atoms with Gasteiger partial charge in [0, 0.05) is 6.54 Å². The van der Waals surface area contributed by atoms with E-state index >= 15 is 0 Å². The van der Waals surface area contributed by atoms with Gasteiger partial charge in [-0.05, 0) is 31.2 Å². The Morgan fingerprint density at radius 2 is 1.82 bits per heavy atom. The largest absolute Gasteiger partial charge is 0.416 e. The minimum Gasteiger partial charge on any atom is -0.384 e. The first-order valence-corrected chi connectivity index (χ1v) is 5.38. The van der Waals surface area contributed by atoms with E-state index in [1.807, 2.05) is 6.92 Å². The van der Waals surface area contributed by atoms with Crippen LogP contribution in [0.1, 0.15) is 25.0 Å². The molecular formula is C12H16F3NO. The van der Waals surface area contributed by atoms with Gasteiger partial charge in [0.05, 0.1) is 11.2 Å². The van der Waals surface area contributed by atoms with Crippen molar-refractivity contribution in [3.63, 3.8) is 0 Å². The van der Waals surface area contributed by atoms with Crippen LogP contribution >= 0.6 is 0 Å². The number of benzene rings is 1. The van der Waals surface area contributed by atoms with Crippen molar-refractivity contribution in [1.82, 2.24) is 5.32 Å². The number of hydrogen-bond donors (Lipinski definition) is 2. The lowest BCUT2D eigenvalue weighted by atomic mass is 9.94. The number of nitrogens with one attached hydrogen (secondary N) is 1. The SMILES string of the molecule is CCNCC(C)(O)c1cccc(C(F)(F)F)c1. The minimum atomic E-state index is -4.38. The molecule has 1 aromatic rings. The van der Waals surface area contributed by atoms with E-state index in [2.05, 4.69) is 5.32 Å². The summed E-state index contributed by atoms with van der Waals surface area (Å²) in [5.41, 5.74) is -1.79. The molecule has 0 aliphatic heterocycles. The highest BCUT2D eigenvalue weighted by molar-refractivity contribution is 5.29. The van der Waals surface area contributed by atoms with Gasteiger partial charge in [0.15, 0.2) is 0 Å². The second-order valence-corrected chi connectivity index (χ2v) is 4.13. The molecule has 0 saturated carbocycles. The van der Waals surface area contributed by atoms with Crippen molar-refractivity contribution in [3.8, 4) is 0 Å². The van der Waals surface area contributed by atoms with Gasteiger partial charge >= 0.3 is 6.18 Å². The molecule has 0 aliphatic carbocycles. The third kappa shape index (κ3) is 3.71. The number of aliphatic hydroxyl groups is 1. The van der Waals surface area contributed by atoms with Crippen molar-refractivity contribution in [2.45, 2.75) is 25.6 Å². The summed E-state index contributed by atoms with van der Waals surface area (Å²) in [5, 5.41) is 13.0. The topological polar surface area (TPSA) is 32.3 Å². The predicted molar refractivity (Wildman–Crippen MR) is 59.6 cm³/mol. The zero-order chi connectivity index (χ0) is 13.1. The van der Waals surface area contributed by atoms with E-state index in [-0.39, 0.29) is 12.1 Å². The van der Waals surface area contributed by atoms with Crippen molar-refractivity contribution in [3.05, 3.63) is 35.4 Å². The van der Waals surface area contributed by atoms with E-state index < -0.39 is 17.3 Å². The van der Waals surface area contributed by atoms with Crippen LogP contribution in [-0.2, 0) is 11.8 Å². The normalized spacial score (nSPS) is 15.6. The highest BCUT2D eigenvalue weighted by atomic mass is 19.4. The summed E-state index contributed by atoms with van der Waals surface area (Å²) in [6, 6.07) is 4.77. The lowest BCUT2D eigenvalue weighted by Crippen LogP contribution is -2.35. The van der Waals surface area contributed by atoms with Crippen LogP contribution in [0.4, 0.5) is 13.2 Å². The van der Waals surface area contributed by atoms with Gasteiger partial charge in [-0.25, -0.2) is 0 Å². The third-order valence-electron chi connectivity index (χ3n) is 2.53. The van der Waals surface area contributed by atoms with E-state index in [0.29, 0.717) is 6.54 Å². The molecule has 0 saturated heterocycles. The standard InChI is InChI=1S/C12H16F3NO/c1-3-16-8-11(2,17)9-5-4-6-10(7-9)12(13,14)15/h4-7,16-17H,3,8H2,1-2H3. The fourth-order valence-electron chi connectivity index (χ4n) is 1.50. The Morgan fingerprint density at radius 3 is 2.35 bits per heavy atom. The number of likely N-dealkylation sites (N-methyl/N-ethyl adjacent to an activating group) is 1. The molecule has 0 radical (unpaired) electrons. The molecule has 0 heterocycles. The fourth-order valence-corrected chi connectivity index (χ4v) is 1.50. The molecule has 1 aromatic carbocycles. The monoisotopic (exact) mass is 247 g/mol. The molecule has 2 nitrogen and oxygen atoms in total. The van der Waals surface area contributed by atoms with Crippen LogP contribution in [0.15, 0.2) is 24.3 Å². The van der Waals surface area contributed by atoms with Gasteiger partial charge in [0.1, 0.15) is 0 Å². The smallest absolute Gasteiger partial charge is 0.384 e. The Labute approximate surface area is 98.5 Å². The summed E-state index contributed by atoms with van der Waals surface area (Å²) >= 11 is 0. The summed E-state index contributed by atoms with van der Waals surface area (Å²) < 4.78 is 37.5. The second-order valence-electron chi connectivity index (χ2n) is 4.13. The Kier molecular flexibility index (Phi) is 4.16. The minimum absolute atomic E-state index is 0.213. The number of halogens is 3. The van der Waals surface area contributed by atoms with Gasteiger partial charge in [-0.2, -0.15) is 13.2 Å². The van der Waals surface area contributed by atoms with E-state index in [4.69, 9.17) is 0 Å². The average Bonchev–Trinajstić information content (AvgIpc) is 2.25. The molecule has 0 bridgehead atoms. The van der Waals surface area contributed by atoms with E-state index in [0.717, 1.165) is 12.1 Å². The van der Waals surface area contributed by atoms with Crippen LogP contribution in [-0.4, -0.2) is 18.2 Å². The van der Waals surface area contributed by atoms with Gasteiger partial charge in [0.25, 0.3) is 0 Å². The van der Waals surface area contributed by atoms with Crippen molar-refractivity contribution in [2.24, 2.45) is 0 Å². The van der Waals surface area contributed by atoms with Crippen LogP contribution in [0.5, 0.6) is 0 Å². The van der Waals surface area contributed by atoms with E-state index in [9.17, 15) is 18.3 Å². The van der Waals surface area contributed by atoms with Crippen LogP contribution < -0.4 is 5.32 Å². The first-order chi connectivity index (χ1) is 7.77. The summed E-state index contributed by atoms with van der Waals surface area (Å²) in [4.78, 5) is 0. The summed E-state index contributed by atoms with van der Waals surface area (Å²) in [5.74, 6) is 0. The molecule has 0 spiro atoms. The third-order valence-corrected chi connectivity index (χ3v) is 2.53. The quantitative estimate of drug-likeness (QED) is 0.857. The fraction of sp³-hybridized carbons (Fsp3) is 0.500. The summed E-state index contributed by atoms with van der Waals surface area (Å²) in [6.45, 7) is 4.22. The second kappa shape index (κ2) is 5.06. The Morgan fingerprint density at radius 1 is 1.24 bits per heavy atom. The molecule has 17 heavy (non-hydrogen) atoms. The highest BCUT2D eigenvalue weighted by Crippen LogP contribution is 2.31. The lowest BCUT2D eigenvalue weighted by Gasteiger charge is -2.25. The van der Waals surface area contributed by atoms with Crippen LogP contribution in [0.25, 0.3) is 0 Å². The highest BCUT2D eigenvalue weighted by Gasteiger charge is 2.32. The molecule has 0 aromatic heterocycles. The first-order valence-electron chi connectivity index (χ1n) is 5.38. The Bertz CT molecular complexity index is 374. The zero-order valence-electron chi connectivity index (χ0n) is 9.80. The average molecular weight is 247 g/mol.